The van der Waals surface area contributed by atoms with Gasteiger partial charge in [-0.1, -0.05) is 13.3 Å². The molecule has 5 heteroatoms. The molecule has 3 atom stereocenters. The second-order valence-corrected chi connectivity index (χ2v) is 8.61. The first kappa shape index (κ1) is 13.8. The van der Waals surface area contributed by atoms with Gasteiger partial charge in [0.1, 0.15) is 0 Å². The van der Waals surface area contributed by atoms with Crippen LogP contribution in [0.2, 0.25) is 0 Å². The zero-order valence-corrected chi connectivity index (χ0v) is 12.9. The van der Waals surface area contributed by atoms with Crippen LogP contribution >= 0.6 is 0 Å². The molecule has 19 heavy (non-hydrogen) atoms. The van der Waals surface area contributed by atoms with E-state index in [1.165, 1.54) is 12.8 Å². The van der Waals surface area contributed by atoms with Gasteiger partial charge in [0.25, 0.3) is 0 Å². The summed E-state index contributed by atoms with van der Waals surface area (Å²) in [6.45, 7) is 6.38. The first-order valence-corrected chi connectivity index (χ1v) is 9.37. The van der Waals surface area contributed by atoms with E-state index in [1.807, 2.05) is 4.31 Å². The summed E-state index contributed by atoms with van der Waals surface area (Å²) in [5, 5.41) is 0. The summed E-state index contributed by atoms with van der Waals surface area (Å²) in [7, 11) is -2.97. The molecule has 1 saturated carbocycles. The Morgan fingerprint density at radius 3 is 2.37 bits per heavy atom. The van der Waals surface area contributed by atoms with Gasteiger partial charge in [-0.25, -0.2) is 8.42 Å². The number of fused-ring (bicyclic) bond motifs is 2. The summed E-state index contributed by atoms with van der Waals surface area (Å²) in [6, 6.07) is 1.13. The fraction of sp³-hybridized carbons (Fsp3) is 1.00. The predicted octanol–water partition coefficient (Wildman–Crippen LogP) is 1.67. The minimum Gasteiger partial charge on any atom is -0.297 e. The van der Waals surface area contributed by atoms with Crippen LogP contribution in [0.5, 0.6) is 0 Å². The number of hydrogen-bond donors (Lipinski definition) is 0. The summed E-state index contributed by atoms with van der Waals surface area (Å²) in [5.41, 5.74) is 0. The van der Waals surface area contributed by atoms with Gasteiger partial charge < -0.3 is 0 Å². The Kier molecular flexibility index (Phi) is 3.65. The molecule has 3 aliphatic heterocycles. The van der Waals surface area contributed by atoms with Gasteiger partial charge in [-0.3, -0.25) is 4.90 Å². The van der Waals surface area contributed by atoms with E-state index < -0.39 is 10.0 Å². The quantitative estimate of drug-likeness (QED) is 0.746. The monoisotopic (exact) mass is 286 g/mol. The van der Waals surface area contributed by atoms with Crippen LogP contribution in [0.4, 0.5) is 0 Å². The molecule has 4 aliphatic rings. The number of sulfonamides is 1. The Morgan fingerprint density at radius 2 is 1.84 bits per heavy atom. The average molecular weight is 286 g/mol. The molecule has 0 radical (unpaired) electrons. The molecule has 4 rings (SSSR count). The molecule has 4 fully saturated rings. The van der Waals surface area contributed by atoms with Crippen LogP contribution < -0.4 is 0 Å². The second kappa shape index (κ2) is 5.01. The van der Waals surface area contributed by atoms with Gasteiger partial charge >= 0.3 is 0 Å². The lowest BCUT2D eigenvalue weighted by molar-refractivity contribution is -0.0246. The van der Waals surface area contributed by atoms with Gasteiger partial charge in [-0.15, -0.1) is 0 Å². The molecule has 0 aromatic rings. The van der Waals surface area contributed by atoms with Crippen molar-refractivity contribution in [3.63, 3.8) is 0 Å². The van der Waals surface area contributed by atoms with Crippen molar-refractivity contribution in [3.8, 4) is 0 Å². The van der Waals surface area contributed by atoms with Gasteiger partial charge in [-0.2, -0.15) is 4.31 Å². The van der Waals surface area contributed by atoms with Crippen LogP contribution in [-0.4, -0.2) is 54.6 Å². The molecule has 2 bridgehead atoms. The van der Waals surface area contributed by atoms with Crippen molar-refractivity contribution in [3.05, 3.63) is 0 Å². The van der Waals surface area contributed by atoms with E-state index in [4.69, 9.17) is 0 Å². The predicted molar refractivity (Wildman–Crippen MR) is 76.5 cm³/mol. The Hall–Kier alpha value is -0.130. The SMILES string of the molecule is CCCC(C)N1CC2CC(C1)N2S(=O)(=O)CC1CC1. The van der Waals surface area contributed by atoms with Gasteiger partial charge in [0.15, 0.2) is 0 Å². The molecule has 0 aromatic carbocycles. The normalized spacial score (nSPS) is 34.0. The lowest BCUT2D eigenvalue weighted by Crippen LogP contribution is -2.71. The first-order chi connectivity index (χ1) is 9.01. The largest absolute Gasteiger partial charge is 0.297 e. The number of nitrogens with zero attached hydrogens (tertiary/aromatic N) is 2. The minimum atomic E-state index is -2.97. The fourth-order valence-corrected chi connectivity index (χ4v) is 6.01. The lowest BCUT2D eigenvalue weighted by Gasteiger charge is -2.56. The van der Waals surface area contributed by atoms with Crippen LogP contribution in [-0.2, 0) is 10.0 Å². The van der Waals surface area contributed by atoms with E-state index in [0.29, 0.717) is 17.7 Å². The summed E-state index contributed by atoms with van der Waals surface area (Å²) in [4.78, 5) is 2.49. The molecule has 3 unspecified atom stereocenters. The Morgan fingerprint density at radius 1 is 1.21 bits per heavy atom. The molecule has 4 nitrogen and oxygen atoms in total. The molecule has 0 N–H and O–H groups in total. The standard InChI is InChI=1S/C14H26N2O2S/c1-3-4-11(2)15-8-13-7-14(9-15)16(13)19(17,18)10-12-5-6-12/h11-14H,3-10H2,1-2H3. The van der Waals surface area contributed by atoms with Crippen molar-refractivity contribution in [2.24, 2.45) is 5.92 Å². The molecule has 0 aromatic heterocycles. The van der Waals surface area contributed by atoms with Crippen LogP contribution in [0.1, 0.15) is 46.0 Å². The average Bonchev–Trinajstić information content (AvgIpc) is 3.11. The van der Waals surface area contributed by atoms with Crippen molar-refractivity contribution in [2.75, 3.05) is 18.8 Å². The van der Waals surface area contributed by atoms with Crippen molar-refractivity contribution in [1.29, 1.82) is 0 Å². The topological polar surface area (TPSA) is 40.6 Å². The second-order valence-electron chi connectivity index (χ2n) is 6.69. The van der Waals surface area contributed by atoms with Gasteiger partial charge in [0, 0.05) is 31.2 Å². The molecule has 3 heterocycles. The van der Waals surface area contributed by atoms with Crippen molar-refractivity contribution in [1.82, 2.24) is 9.21 Å². The molecule has 3 saturated heterocycles. The van der Waals surface area contributed by atoms with Gasteiger partial charge in [-0.05, 0) is 38.5 Å². The summed E-state index contributed by atoms with van der Waals surface area (Å²) < 4.78 is 26.6. The fourth-order valence-electron chi connectivity index (χ4n) is 3.69. The van der Waals surface area contributed by atoms with Crippen molar-refractivity contribution >= 4 is 10.0 Å². The van der Waals surface area contributed by atoms with Crippen LogP contribution in [0.15, 0.2) is 0 Å². The Labute approximate surface area is 117 Å². The highest BCUT2D eigenvalue weighted by atomic mass is 32.2. The van der Waals surface area contributed by atoms with E-state index in [2.05, 4.69) is 18.7 Å². The lowest BCUT2D eigenvalue weighted by atomic mass is 9.90. The third-order valence-corrected chi connectivity index (χ3v) is 7.08. The van der Waals surface area contributed by atoms with Crippen LogP contribution in [0, 0.1) is 5.92 Å². The zero-order valence-electron chi connectivity index (χ0n) is 12.1. The zero-order chi connectivity index (χ0) is 13.6. The van der Waals surface area contributed by atoms with E-state index in [1.54, 1.807) is 0 Å². The summed E-state index contributed by atoms with van der Waals surface area (Å²) >= 11 is 0. The van der Waals surface area contributed by atoms with E-state index >= 15 is 0 Å². The van der Waals surface area contributed by atoms with Crippen LogP contribution in [0.3, 0.4) is 0 Å². The maximum absolute atomic E-state index is 12.4. The van der Waals surface area contributed by atoms with E-state index in [9.17, 15) is 8.42 Å². The van der Waals surface area contributed by atoms with Crippen LogP contribution in [0.25, 0.3) is 0 Å². The molecular weight excluding hydrogens is 260 g/mol. The molecular formula is C14H26N2O2S. The molecule has 110 valence electrons. The van der Waals surface area contributed by atoms with E-state index in [0.717, 1.165) is 32.4 Å². The highest BCUT2D eigenvalue weighted by Gasteiger charge is 2.51. The molecule has 1 aliphatic carbocycles. The Bertz CT molecular complexity index is 421. The number of rotatable bonds is 6. The third-order valence-electron chi connectivity index (χ3n) is 4.95. The maximum Gasteiger partial charge on any atom is 0.214 e. The van der Waals surface area contributed by atoms with Crippen molar-refractivity contribution < 1.29 is 8.42 Å². The number of hydrogen-bond acceptors (Lipinski definition) is 3. The smallest absolute Gasteiger partial charge is 0.214 e. The highest BCUT2D eigenvalue weighted by molar-refractivity contribution is 7.89. The molecule has 0 amide bonds. The number of piperidine rings is 1. The highest BCUT2D eigenvalue weighted by Crippen LogP contribution is 2.39. The van der Waals surface area contributed by atoms with Gasteiger partial charge in [0.2, 0.25) is 10.0 Å². The Balaban J connectivity index is 1.61. The first-order valence-electron chi connectivity index (χ1n) is 7.76. The minimum absolute atomic E-state index is 0.266. The maximum atomic E-state index is 12.4. The third kappa shape index (κ3) is 2.69. The number of piperazine rings is 1. The summed E-state index contributed by atoms with van der Waals surface area (Å²) in [5.74, 6) is 0.867. The van der Waals surface area contributed by atoms with Crippen molar-refractivity contribution in [2.45, 2.75) is 64.1 Å². The van der Waals surface area contributed by atoms with Gasteiger partial charge in [0.05, 0.1) is 5.75 Å². The molecule has 0 spiro atoms. The summed E-state index contributed by atoms with van der Waals surface area (Å²) in [6.07, 6.45) is 5.73. The van der Waals surface area contributed by atoms with E-state index in [-0.39, 0.29) is 12.1 Å².